The van der Waals surface area contributed by atoms with Crippen LogP contribution in [0.2, 0.25) is 0 Å². The van der Waals surface area contributed by atoms with Gasteiger partial charge in [0.1, 0.15) is 12.4 Å². The molecule has 114 valence electrons. The van der Waals surface area contributed by atoms with Gasteiger partial charge in [0.25, 0.3) is 0 Å². The van der Waals surface area contributed by atoms with Crippen LogP contribution in [0.4, 0.5) is 11.4 Å². The molecule has 0 aliphatic rings. The van der Waals surface area contributed by atoms with E-state index in [1.807, 2.05) is 49.4 Å². The molecular formula is C18H20N2O2. The van der Waals surface area contributed by atoms with Crippen LogP contribution in [0.25, 0.3) is 0 Å². The van der Waals surface area contributed by atoms with Gasteiger partial charge in [-0.15, -0.1) is 0 Å². The van der Waals surface area contributed by atoms with E-state index < -0.39 is 0 Å². The molecule has 0 bridgehead atoms. The second kappa shape index (κ2) is 7.88. The molecule has 2 N–H and O–H groups in total. The van der Waals surface area contributed by atoms with Gasteiger partial charge < -0.3 is 15.4 Å². The van der Waals surface area contributed by atoms with Crippen molar-refractivity contribution in [3.8, 4) is 5.75 Å². The highest BCUT2D eigenvalue weighted by atomic mass is 16.5. The van der Waals surface area contributed by atoms with Crippen LogP contribution in [0.1, 0.15) is 5.56 Å². The third-order valence-corrected chi connectivity index (χ3v) is 2.96. The van der Waals surface area contributed by atoms with E-state index >= 15 is 0 Å². The fourth-order valence-electron chi connectivity index (χ4n) is 1.96. The van der Waals surface area contributed by atoms with Crippen molar-refractivity contribution in [1.82, 2.24) is 0 Å². The Balaban J connectivity index is 1.87. The molecule has 0 aliphatic carbocycles. The maximum Gasteiger partial charge on any atom is 0.243 e. The van der Waals surface area contributed by atoms with E-state index in [2.05, 4.69) is 17.2 Å². The SMILES string of the molecule is C=CCOc1cccc(NC(=O)CNc2cccc(C)c2)c1. The number of amides is 1. The van der Waals surface area contributed by atoms with Crippen molar-refractivity contribution in [3.05, 3.63) is 66.7 Å². The Morgan fingerprint density at radius 1 is 1.18 bits per heavy atom. The fraction of sp³-hybridized carbons (Fsp3) is 0.167. The second-order valence-electron chi connectivity index (χ2n) is 4.90. The van der Waals surface area contributed by atoms with Crippen LogP contribution >= 0.6 is 0 Å². The molecule has 2 aromatic carbocycles. The molecule has 1 amide bonds. The van der Waals surface area contributed by atoms with E-state index in [0.717, 1.165) is 11.3 Å². The number of ether oxygens (including phenoxy) is 1. The lowest BCUT2D eigenvalue weighted by molar-refractivity contribution is -0.114. The summed E-state index contributed by atoms with van der Waals surface area (Å²) in [4.78, 5) is 12.0. The summed E-state index contributed by atoms with van der Waals surface area (Å²) < 4.78 is 5.43. The van der Waals surface area contributed by atoms with Crippen molar-refractivity contribution in [2.24, 2.45) is 0 Å². The Hall–Kier alpha value is -2.75. The van der Waals surface area contributed by atoms with Gasteiger partial charge in [0.05, 0.1) is 6.54 Å². The van der Waals surface area contributed by atoms with Gasteiger partial charge in [-0.05, 0) is 36.8 Å². The molecule has 22 heavy (non-hydrogen) atoms. The van der Waals surface area contributed by atoms with Gasteiger partial charge in [0, 0.05) is 17.4 Å². The van der Waals surface area contributed by atoms with Gasteiger partial charge >= 0.3 is 0 Å². The molecular weight excluding hydrogens is 276 g/mol. The Labute approximate surface area is 130 Å². The Bertz CT molecular complexity index is 653. The summed E-state index contributed by atoms with van der Waals surface area (Å²) >= 11 is 0. The zero-order valence-corrected chi connectivity index (χ0v) is 12.6. The molecule has 0 spiro atoms. The predicted molar refractivity (Wildman–Crippen MR) is 90.4 cm³/mol. The molecule has 0 aliphatic heterocycles. The second-order valence-corrected chi connectivity index (χ2v) is 4.90. The highest BCUT2D eigenvalue weighted by Gasteiger charge is 2.03. The molecule has 2 aromatic rings. The lowest BCUT2D eigenvalue weighted by Crippen LogP contribution is -2.21. The molecule has 0 saturated heterocycles. The van der Waals surface area contributed by atoms with Gasteiger partial charge in [0.15, 0.2) is 0 Å². The van der Waals surface area contributed by atoms with Crippen molar-refractivity contribution in [3.63, 3.8) is 0 Å². The smallest absolute Gasteiger partial charge is 0.243 e. The molecule has 0 unspecified atom stereocenters. The molecule has 2 rings (SSSR count). The zero-order valence-electron chi connectivity index (χ0n) is 12.6. The normalized spacial score (nSPS) is 9.86. The lowest BCUT2D eigenvalue weighted by Gasteiger charge is -2.10. The number of aryl methyl sites for hydroxylation is 1. The minimum Gasteiger partial charge on any atom is -0.489 e. The number of carbonyl (C=O) groups excluding carboxylic acids is 1. The minimum absolute atomic E-state index is 0.109. The predicted octanol–water partition coefficient (Wildman–Crippen LogP) is 3.61. The summed E-state index contributed by atoms with van der Waals surface area (Å²) in [6.45, 7) is 6.26. The van der Waals surface area contributed by atoms with Crippen LogP contribution in [0.5, 0.6) is 5.75 Å². The summed E-state index contributed by atoms with van der Waals surface area (Å²) in [7, 11) is 0. The summed E-state index contributed by atoms with van der Waals surface area (Å²) in [6.07, 6.45) is 1.68. The van der Waals surface area contributed by atoms with Crippen molar-refractivity contribution < 1.29 is 9.53 Å². The van der Waals surface area contributed by atoms with Gasteiger partial charge in [-0.2, -0.15) is 0 Å². The Kier molecular flexibility index (Phi) is 5.60. The molecule has 0 fully saturated rings. The molecule has 4 nitrogen and oxygen atoms in total. The first kappa shape index (κ1) is 15.6. The van der Waals surface area contributed by atoms with Gasteiger partial charge in [-0.1, -0.05) is 30.9 Å². The summed E-state index contributed by atoms with van der Waals surface area (Å²) in [5.74, 6) is 0.590. The first-order valence-corrected chi connectivity index (χ1v) is 7.11. The van der Waals surface area contributed by atoms with Crippen LogP contribution in [-0.4, -0.2) is 19.1 Å². The highest BCUT2D eigenvalue weighted by molar-refractivity contribution is 5.93. The van der Waals surface area contributed by atoms with Crippen LogP contribution < -0.4 is 15.4 Å². The number of rotatable bonds is 7. The van der Waals surface area contributed by atoms with Crippen molar-refractivity contribution in [2.75, 3.05) is 23.8 Å². The third kappa shape index (κ3) is 4.98. The molecule has 4 heteroatoms. The van der Waals surface area contributed by atoms with Crippen molar-refractivity contribution >= 4 is 17.3 Å². The average Bonchev–Trinajstić information content (AvgIpc) is 2.51. The van der Waals surface area contributed by atoms with Crippen LogP contribution in [0.3, 0.4) is 0 Å². The van der Waals surface area contributed by atoms with Gasteiger partial charge in [-0.25, -0.2) is 0 Å². The molecule has 0 aromatic heterocycles. The summed E-state index contributed by atoms with van der Waals surface area (Å²) in [6, 6.07) is 15.2. The number of carbonyl (C=O) groups is 1. The largest absolute Gasteiger partial charge is 0.489 e. The third-order valence-electron chi connectivity index (χ3n) is 2.96. The average molecular weight is 296 g/mol. The first-order chi connectivity index (χ1) is 10.7. The van der Waals surface area contributed by atoms with Crippen LogP contribution in [-0.2, 0) is 4.79 Å². The topological polar surface area (TPSA) is 50.4 Å². The van der Waals surface area contributed by atoms with Gasteiger partial charge in [0.2, 0.25) is 5.91 Å². The molecule has 0 saturated carbocycles. The number of hydrogen-bond acceptors (Lipinski definition) is 3. The van der Waals surface area contributed by atoms with E-state index in [-0.39, 0.29) is 12.5 Å². The molecule has 0 radical (unpaired) electrons. The zero-order chi connectivity index (χ0) is 15.8. The van der Waals surface area contributed by atoms with E-state index in [4.69, 9.17) is 4.74 Å². The van der Waals surface area contributed by atoms with E-state index in [1.54, 1.807) is 12.1 Å². The number of benzene rings is 2. The Morgan fingerprint density at radius 2 is 1.95 bits per heavy atom. The van der Waals surface area contributed by atoms with E-state index in [0.29, 0.717) is 18.0 Å². The van der Waals surface area contributed by atoms with Crippen molar-refractivity contribution in [2.45, 2.75) is 6.92 Å². The quantitative estimate of drug-likeness (QED) is 0.767. The van der Waals surface area contributed by atoms with Crippen LogP contribution in [0.15, 0.2) is 61.2 Å². The maximum atomic E-state index is 12.0. The monoisotopic (exact) mass is 296 g/mol. The first-order valence-electron chi connectivity index (χ1n) is 7.11. The number of nitrogens with one attached hydrogen (secondary N) is 2. The van der Waals surface area contributed by atoms with E-state index in [9.17, 15) is 4.79 Å². The Morgan fingerprint density at radius 3 is 2.73 bits per heavy atom. The minimum atomic E-state index is -0.109. The molecule has 0 atom stereocenters. The standard InChI is InChI=1S/C18H20N2O2/c1-3-10-22-17-9-5-8-16(12-17)20-18(21)13-19-15-7-4-6-14(2)11-15/h3-9,11-12,19H,1,10,13H2,2H3,(H,20,21). The van der Waals surface area contributed by atoms with E-state index in [1.165, 1.54) is 0 Å². The number of hydrogen-bond donors (Lipinski definition) is 2. The highest BCUT2D eigenvalue weighted by Crippen LogP contribution is 2.17. The van der Waals surface area contributed by atoms with Crippen LogP contribution in [0, 0.1) is 6.92 Å². The van der Waals surface area contributed by atoms with Crippen molar-refractivity contribution in [1.29, 1.82) is 0 Å². The fourth-order valence-corrected chi connectivity index (χ4v) is 1.96. The summed E-state index contributed by atoms with van der Waals surface area (Å²) in [5.41, 5.74) is 2.79. The van der Waals surface area contributed by atoms with Gasteiger partial charge in [-0.3, -0.25) is 4.79 Å². The summed E-state index contributed by atoms with van der Waals surface area (Å²) in [5, 5.41) is 5.93. The lowest BCUT2D eigenvalue weighted by atomic mass is 10.2. The molecule has 0 heterocycles. The number of anilines is 2. The maximum absolute atomic E-state index is 12.0.